The Bertz CT molecular complexity index is 354. The van der Waals surface area contributed by atoms with Crippen molar-refractivity contribution in [2.24, 2.45) is 0 Å². The van der Waals surface area contributed by atoms with Gasteiger partial charge in [0.15, 0.2) is 0 Å². The van der Waals surface area contributed by atoms with E-state index in [-0.39, 0.29) is 18.1 Å². The summed E-state index contributed by atoms with van der Waals surface area (Å²) < 4.78 is 13.7. The molecular formula is C11H13BrFNO. The lowest BCUT2D eigenvalue weighted by atomic mass is 10.1. The van der Waals surface area contributed by atoms with Crippen molar-refractivity contribution in [1.82, 2.24) is 5.32 Å². The third-order valence-corrected chi connectivity index (χ3v) is 2.70. The van der Waals surface area contributed by atoms with Crippen molar-refractivity contribution in [1.29, 1.82) is 0 Å². The fourth-order valence-electron chi connectivity index (χ4n) is 1.18. The Morgan fingerprint density at radius 1 is 1.53 bits per heavy atom. The number of halogens is 2. The summed E-state index contributed by atoms with van der Waals surface area (Å²) in [6.45, 7) is 2.64. The van der Waals surface area contributed by atoms with Gasteiger partial charge in [0.05, 0.1) is 6.42 Å². The van der Waals surface area contributed by atoms with Gasteiger partial charge in [-0.3, -0.25) is 4.79 Å². The first-order valence-electron chi connectivity index (χ1n) is 4.84. The van der Waals surface area contributed by atoms with E-state index in [0.29, 0.717) is 12.1 Å². The molecule has 1 aromatic rings. The van der Waals surface area contributed by atoms with Gasteiger partial charge in [0.2, 0.25) is 5.91 Å². The molecule has 2 nitrogen and oxygen atoms in total. The molecule has 0 aliphatic rings. The monoisotopic (exact) mass is 273 g/mol. The summed E-state index contributed by atoms with van der Waals surface area (Å²) in [7, 11) is 0. The van der Waals surface area contributed by atoms with Crippen LogP contribution in [0.15, 0.2) is 22.7 Å². The molecule has 4 heteroatoms. The van der Waals surface area contributed by atoms with Crippen molar-refractivity contribution in [3.8, 4) is 0 Å². The van der Waals surface area contributed by atoms with Gasteiger partial charge in [-0.1, -0.05) is 22.9 Å². The predicted octanol–water partition coefficient (Wildman–Crippen LogP) is 2.66. The summed E-state index contributed by atoms with van der Waals surface area (Å²) in [5, 5.41) is 2.75. The zero-order valence-corrected chi connectivity index (χ0v) is 10.1. The van der Waals surface area contributed by atoms with Crippen molar-refractivity contribution in [2.75, 3.05) is 6.54 Å². The van der Waals surface area contributed by atoms with Gasteiger partial charge < -0.3 is 5.32 Å². The first-order chi connectivity index (χ1) is 7.13. The molecule has 1 aromatic carbocycles. The van der Waals surface area contributed by atoms with Gasteiger partial charge in [0.1, 0.15) is 5.82 Å². The molecular weight excluding hydrogens is 261 g/mol. The van der Waals surface area contributed by atoms with Gasteiger partial charge in [-0.25, -0.2) is 4.39 Å². The average Bonchev–Trinajstić information content (AvgIpc) is 2.20. The number of benzene rings is 1. The summed E-state index contributed by atoms with van der Waals surface area (Å²) in [6.07, 6.45) is 1.11. The van der Waals surface area contributed by atoms with Crippen molar-refractivity contribution in [3.63, 3.8) is 0 Å². The Kier molecular flexibility index (Phi) is 4.75. The van der Waals surface area contributed by atoms with E-state index < -0.39 is 0 Å². The van der Waals surface area contributed by atoms with E-state index in [1.54, 1.807) is 6.07 Å². The van der Waals surface area contributed by atoms with E-state index in [4.69, 9.17) is 0 Å². The Morgan fingerprint density at radius 2 is 2.27 bits per heavy atom. The summed E-state index contributed by atoms with van der Waals surface area (Å²) in [4.78, 5) is 11.4. The minimum Gasteiger partial charge on any atom is -0.356 e. The molecule has 0 saturated heterocycles. The molecule has 0 bridgehead atoms. The maximum atomic E-state index is 12.9. The van der Waals surface area contributed by atoms with Crippen LogP contribution in [0.2, 0.25) is 0 Å². The fourth-order valence-corrected chi connectivity index (χ4v) is 1.57. The maximum absolute atomic E-state index is 12.9. The van der Waals surface area contributed by atoms with Gasteiger partial charge in [-0.05, 0) is 30.2 Å². The Hall–Kier alpha value is -0.900. The second-order valence-corrected chi connectivity index (χ2v) is 4.12. The predicted molar refractivity (Wildman–Crippen MR) is 61.1 cm³/mol. The van der Waals surface area contributed by atoms with Crippen molar-refractivity contribution >= 4 is 21.8 Å². The maximum Gasteiger partial charge on any atom is 0.224 e. The van der Waals surface area contributed by atoms with Crippen molar-refractivity contribution in [2.45, 2.75) is 19.8 Å². The lowest BCUT2D eigenvalue weighted by Gasteiger charge is -2.05. The highest BCUT2D eigenvalue weighted by molar-refractivity contribution is 9.10. The van der Waals surface area contributed by atoms with Crippen LogP contribution in [0, 0.1) is 5.82 Å². The number of carbonyl (C=O) groups is 1. The third-order valence-electron chi connectivity index (χ3n) is 1.93. The molecule has 0 saturated carbocycles. The van der Waals surface area contributed by atoms with Gasteiger partial charge in [0, 0.05) is 11.0 Å². The number of amides is 1. The first-order valence-corrected chi connectivity index (χ1v) is 5.63. The van der Waals surface area contributed by atoms with Crippen LogP contribution in [-0.4, -0.2) is 12.5 Å². The number of hydrogen-bond donors (Lipinski definition) is 1. The lowest BCUT2D eigenvalue weighted by Crippen LogP contribution is -2.25. The largest absolute Gasteiger partial charge is 0.356 e. The molecule has 0 fully saturated rings. The normalized spacial score (nSPS) is 10.1. The van der Waals surface area contributed by atoms with Crippen LogP contribution in [0.5, 0.6) is 0 Å². The van der Waals surface area contributed by atoms with E-state index in [9.17, 15) is 9.18 Å². The SMILES string of the molecule is CCCNC(=O)Cc1cc(F)ccc1Br. The summed E-state index contributed by atoms with van der Waals surface area (Å²) in [5.41, 5.74) is 0.670. The molecule has 82 valence electrons. The summed E-state index contributed by atoms with van der Waals surface area (Å²) >= 11 is 3.28. The molecule has 1 N–H and O–H groups in total. The highest BCUT2D eigenvalue weighted by atomic mass is 79.9. The highest BCUT2D eigenvalue weighted by Crippen LogP contribution is 2.18. The van der Waals surface area contributed by atoms with Gasteiger partial charge in [-0.15, -0.1) is 0 Å². The quantitative estimate of drug-likeness (QED) is 0.898. The minimum atomic E-state index is -0.323. The van der Waals surface area contributed by atoms with Crippen LogP contribution in [0.3, 0.4) is 0 Å². The highest BCUT2D eigenvalue weighted by Gasteiger charge is 2.07. The van der Waals surface area contributed by atoms with E-state index >= 15 is 0 Å². The molecule has 0 aromatic heterocycles. The molecule has 1 amide bonds. The number of rotatable bonds is 4. The van der Waals surface area contributed by atoms with Crippen molar-refractivity contribution in [3.05, 3.63) is 34.1 Å². The third kappa shape index (κ3) is 4.00. The molecule has 0 atom stereocenters. The molecule has 0 unspecified atom stereocenters. The Morgan fingerprint density at radius 3 is 2.93 bits per heavy atom. The number of hydrogen-bond acceptors (Lipinski definition) is 1. The second kappa shape index (κ2) is 5.85. The smallest absolute Gasteiger partial charge is 0.224 e. The van der Waals surface area contributed by atoms with Gasteiger partial charge in [0.25, 0.3) is 0 Å². The van der Waals surface area contributed by atoms with E-state index in [0.717, 1.165) is 10.9 Å². The van der Waals surface area contributed by atoms with Crippen LogP contribution in [0.1, 0.15) is 18.9 Å². The molecule has 0 aliphatic carbocycles. The zero-order chi connectivity index (χ0) is 11.3. The second-order valence-electron chi connectivity index (χ2n) is 3.26. The topological polar surface area (TPSA) is 29.1 Å². The van der Waals surface area contributed by atoms with E-state index in [2.05, 4.69) is 21.2 Å². The van der Waals surface area contributed by atoms with Crippen molar-refractivity contribution < 1.29 is 9.18 Å². The number of carbonyl (C=O) groups excluding carboxylic acids is 1. The summed E-state index contributed by atoms with van der Waals surface area (Å²) in [5.74, 6) is -0.403. The Balaban J connectivity index is 2.63. The Labute approximate surface area is 97.0 Å². The minimum absolute atomic E-state index is 0.0804. The molecule has 0 heterocycles. The van der Waals surface area contributed by atoms with Gasteiger partial charge in [-0.2, -0.15) is 0 Å². The van der Waals surface area contributed by atoms with Crippen LogP contribution in [0.4, 0.5) is 4.39 Å². The fraction of sp³-hybridized carbons (Fsp3) is 0.364. The van der Waals surface area contributed by atoms with Crippen LogP contribution >= 0.6 is 15.9 Å². The van der Waals surface area contributed by atoms with E-state index in [1.165, 1.54) is 12.1 Å². The van der Waals surface area contributed by atoms with Crippen LogP contribution in [-0.2, 0) is 11.2 Å². The van der Waals surface area contributed by atoms with Gasteiger partial charge >= 0.3 is 0 Å². The first kappa shape index (κ1) is 12.2. The van der Waals surface area contributed by atoms with E-state index in [1.807, 2.05) is 6.92 Å². The zero-order valence-electron chi connectivity index (χ0n) is 8.52. The molecule has 15 heavy (non-hydrogen) atoms. The molecule has 1 rings (SSSR count). The average molecular weight is 274 g/mol. The molecule has 0 aliphatic heterocycles. The lowest BCUT2D eigenvalue weighted by molar-refractivity contribution is -0.120. The number of nitrogens with one attached hydrogen (secondary N) is 1. The standard InChI is InChI=1S/C11H13BrFNO/c1-2-5-14-11(15)7-8-6-9(13)3-4-10(8)12/h3-4,6H,2,5,7H2,1H3,(H,14,15). The summed E-state index contributed by atoms with van der Waals surface area (Å²) in [6, 6.07) is 4.34. The van der Waals surface area contributed by atoms with Crippen LogP contribution < -0.4 is 5.32 Å². The molecule has 0 radical (unpaired) electrons. The van der Waals surface area contributed by atoms with Crippen LogP contribution in [0.25, 0.3) is 0 Å². The molecule has 0 spiro atoms.